The summed E-state index contributed by atoms with van der Waals surface area (Å²) in [6.07, 6.45) is 0. The summed E-state index contributed by atoms with van der Waals surface area (Å²) in [7, 11) is 0. The summed E-state index contributed by atoms with van der Waals surface area (Å²) in [6.45, 7) is 0. The minimum absolute atomic E-state index is 1.26. The van der Waals surface area contributed by atoms with Crippen LogP contribution in [0.25, 0.3) is 106 Å². The lowest BCUT2D eigenvalue weighted by atomic mass is 9.85. The van der Waals surface area contributed by atoms with Crippen molar-refractivity contribution in [2.45, 2.75) is 0 Å². The van der Waals surface area contributed by atoms with Crippen molar-refractivity contribution >= 4 is 106 Å². The van der Waals surface area contributed by atoms with Gasteiger partial charge in [-0.05, 0) is 108 Å². The second-order valence-electron chi connectivity index (χ2n) is 12.8. The maximum Gasteiger partial charge on any atom is 0.0361 e. The van der Waals surface area contributed by atoms with Gasteiger partial charge in [-0.15, -0.1) is 22.7 Å². The standard InChI is InChI=1S/C46H26S2/c1-2-10-28-23-30(18-17-27(28)9-1)44-32-11-3-5-13-34(32)45(35-14-6-4-12-33(35)44)31-20-21-41-38(24-31)39-26-37-29(25-43(39)48-41)19-22-42-46(37)36-15-7-8-16-40(36)47-42/h1-26H. The van der Waals surface area contributed by atoms with Gasteiger partial charge in [0, 0.05) is 40.3 Å². The van der Waals surface area contributed by atoms with Gasteiger partial charge in [0.05, 0.1) is 0 Å². The molecule has 0 spiro atoms. The van der Waals surface area contributed by atoms with E-state index in [0.717, 1.165) is 0 Å². The molecule has 11 rings (SSSR count). The maximum absolute atomic E-state index is 2.47. The van der Waals surface area contributed by atoms with Crippen molar-refractivity contribution in [1.29, 1.82) is 0 Å². The highest BCUT2D eigenvalue weighted by Gasteiger charge is 2.18. The molecule has 0 aliphatic rings. The first-order valence-corrected chi connectivity index (χ1v) is 18.1. The fourth-order valence-electron chi connectivity index (χ4n) is 8.07. The summed E-state index contributed by atoms with van der Waals surface area (Å²) in [5, 5.41) is 15.7. The molecular formula is C46H26S2. The molecule has 0 fully saturated rings. The van der Waals surface area contributed by atoms with Crippen LogP contribution in [-0.2, 0) is 0 Å². The molecule has 0 N–H and O–H groups in total. The van der Waals surface area contributed by atoms with E-state index in [2.05, 4.69) is 158 Å². The van der Waals surface area contributed by atoms with Gasteiger partial charge in [0.15, 0.2) is 0 Å². The van der Waals surface area contributed by atoms with E-state index < -0.39 is 0 Å². The van der Waals surface area contributed by atoms with Crippen LogP contribution in [0, 0.1) is 0 Å². The molecule has 0 atom stereocenters. The van der Waals surface area contributed by atoms with Gasteiger partial charge in [0.1, 0.15) is 0 Å². The lowest BCUT2D eigenvalue weighted by molar-refractivity contribution is 1.69. The van der Waals surface area contributed by atoms with Crippen molar-refractivity contribution in [3.8, 4) is 22.3 Å². The quantitative estimate of drug-likeness (QED) is 0.165. The number of benzene rings is 9. The largest absolute Gasteiger partial charge is 0.135 e. The molecule has 0 nitrogen and oxygen atoms in total. The van der Waals surface area contributed by atoms with Crippen molar-refractivity contribution in [2.24, 2.45) is 0 Å². The maximum atomic E-state index is 2.47. The van der Waals surface area contributed by atoms with Crippen LogP contribution in [0.4, 0.5) is 0 Å². The van der Waals surface area contributed by atoms with Gasteiger partial charge in [-0.1, -0.05) is 115 Å². The van der Waals surface area contributed by atoms with Crippen LogP contribution in [0.15, 0.2) is 158 Å². The monoisotopic (exact) mass is 642 g/mol. The lowest BCUT2D eigenvalue weighted by Gasteiger charge is -2.18. The predicted octanol–water partition coefficient (Wildman–Crippen LogP) is 14.4. The molecule has 0 bridgehead atoms. The molecule has 9 aromatic carbocycles. The summed E-state index contributed by atoms with van der Waals surface area (Å²) >= 11 is 3.79. The van der Waals surface area contributed by atoms with Gasteiger partial charge in [-0.3, -0.25) is 0 Å². The van der Waals surface area contributed by atoms with E-state index in [9.17, 15) is 0 Å². The first kappa shape index (κ1) is 26.5. The third-order valence-corrected chi connectivity index (χ3v) is 12.5. The van der Waals surface area contributed by atoms with E-state index in [4.69, 9.17) is 0 Å². The normalized spacial score (nSPS) is 12.2. The van der Waals surface area contributed by atoms with E-state index in [1.807, 2.05) is 22.7 Å². The Balaban J connectivity index is 1.20. The molecule has 11 aromatic rings. The highest BCUT2D eigenvalue weighted by molar-refractivity contribution is 7.26. The van der Waals surface area contributed by atoms with Crippen LogP contribution in [0.5, 0.6) is 0 Å². The summed E-state index contributed by atoms with van der Waals surface area (Å²) < 4.78 is 5.38. The Kier molecular flexibility index (Phi) is 5.51. The highest BCUT2D eigenvalue weighted by atomic mass is 32.1. The Morgan fingerprint density at radius 2 is 0.792 bits per heavy atom. The zero-order valence-electron chi connectivity index (χ0n) is 25.8. The number of hydrogen-bond acceptors (Lipinski definition) is 2. The van der Waals surface area contributed by atoms with Crippen LogP contribution < -0.4 is 0 Å². The van der Waals surface area contributed by atoms with Crippen LogP contribution in [0.1, 0.15) is 0 Å². The van der Waals surface area contributed by atoms with E-state index >= 15 is 0 Å². The molecule has 0 aliphatic carbocycles. The lowest BCUT2D eigenvalue weighted by Crippen LogP contribution is -1.91. The average molecular weight is 643 g/mol. The Morgan fingerprint density at radius 1 is 0.271 bits per heavy atom. The number of thiophene rings is 2. The minimum atomic E-state index is 1.26. The predicted molar refractivity (Wildman–Crippen MR) is 213 cm³/mol. The van der Waals surface area contributed by atoms with Gasteiger partial charge in [0.25, 0.3) is 0 Å². The molecule has 0 radical (unpaired) electrons. The van der Waals surface area contributed by atoms with Crippen molar-refractivity contribution in [2.75, 3.05) is 0 Å². The van der Waals surface area contributed by atoms with E-state index in [-0.39, 0.29) is 0 Å². The third-order valence-electron chi connectivity index (χ3n) is 10.2. The zero-order valence-corrected chi connectivity index (χ0v) is 27.5. The third kappa shape index (κ3) is 3.76. The number of rotatable bonds is 2. The van der Waals surface area contributed by atoms with Gasteiger partial charge in [-0.2, -0.15) is 0 Å². The topological polar surface area (TPSA) is 0 Å². The Bertz CT molecular complexity index is 3060. The SMILES string of the molecule is c1ccc2cc(-c3c4ccccc4c(-c4ccc5sc6cc7ccc8sc9ccccc9c8c7cc6c5c4)c4ccccc34)ccc2c1. The molecule has 0 amide bonds. The first-order chi connectivity index (χ1) is 23.8. The van der Waals surface area contributed by atoms with Gasteiger partial charge < -0.3 is 0 Å². The van der Waals surface area contributed by atoms with Gasteiger partial charge in [-0.25, -0.2) is 0 Å². The molecule has 2 aromatic heterocycles. The minimum Gasteiger partial charge on any atom is -0.135 e. The molecule has 0 aliphatic heterocycles. The van der Waals surface area contributed by atoms with Crippen LogP contribution >= 0.6 is 22.7 Å². The molecule has 2 heterocycles. The van der Waals surface area contributed by atoms with Crippen molar-refractivity contribution in [1.82, 2.24) is 0 Å². The van der Waals surface area contributed by atoms with Gasteiger partial charge >= 0.3 is 0 Å². The summed E-state index contributed by atoms with van der Waals surface area (Å²) in [5.74, 6) is 0. The molecule has 48 heavy (non-hydrogen) atoms. The molecule has 222 valence electrons. The highest BCUT2D eigenvalue weighted by Crippen LogP contribution is 2.47. The van der Waals surface area contributed by atoms with E-state index in [0.29, 0.717) is 0 Å². The molecule has 0 saturated heterocycles. The molecule has 2 heteroatoms. The fourth-order valence-corrected chi connectivity index (χ4v) is 10.3. The number of hydrogen-bond donors (Lipinski definition) is 0. The average Bonchev–Trinajstić information content (AvgIpc) is 3.70. The Morgan fingerprint density at radius 3 is 1.54 bits per heavy atom. The van der Waals surface area contributed by atoms with Gasteiger partial charge in [0.2, 0.25) is 0 Å². The van der Waals surface area contributed by atoms with Crippen LogP contribution in [0.3, 0.4) is 0 Å². The second-order valence-corrected chi connectivity index (χ2v) is 15.0. The Labute approximate surface area is 284 Å². The van der Waals surface area contributed by atoms with Crippen molar-refractivity contribution in [3.63, 3.8) is 0 Å². The summed E-state index contributed by atoms with van der Waals surface area (Å²) in [4.78, 5) is 0. The Hall–Kier alpha value is -5.54. The zero-order chi connectivity index (χ0) is 31.3. The second kappa shape index (κ2) is 9.98. The first-order valence-electron chi connectivity index (χ1n) is 16.4. The molecule has 0 unspecified atom stereocenters. The smallest absolute Gasteiger partial charge is 0.0361 e. The van der Waals surface area contributed by atoms with E-state index in [1.165, 1.54) is 106 Å². The van der Waals surface area contributed by atoms with Crippen molar-refractivity contribution in [3.05, 3.63) is 158 Å². The molecular weight excluding hydrogens is 617 g/mol. The number of fused-ring (bicyclic) bond motifs is 11. The van der Waals surface area contributed by atoms with E-state index in [1.54, 1.807) is 0 Å². The van der Waals surface area contributed by atoms with Crippen molar-refractivity contribution < 1.29 is 0 Å². The molecule has 0 saturated carbocycles. The van der Waals surface area contributed by atoms with Crippen LogP contribution in [0.2, 0.25) is 0 Å². The fraction of sp³-hybridized carbons (Fsp3) is 0. The summed E-state index contributed by atoms with van der Waals surface area (Å²) in [6, 6.07) is 59.0. The summed E-state index contributed by atoms with van der Waals surface area (Å²) in [5.41, 5.74) is 5.13. The van der Waals surface area contributed by atoms with Crippen LogP contribution in [-0.4, -0.2) is 0 Å².